The number of fused-ring (bicyclic) bond motifs is 1. The average Bonchev–Trinajstić information content (AvgIpc) is 3.92. The first-order chi connectivity index (χ1) is 31.0. The number of nitrogens with zero attached hydrogens (tertiary/aromatic N) is 9. The number of nitrogens with two attached hydrogens (primary N) is 1. The molecule has 64 heavy (non-hydrogen) atoms. The van der Waals surface area contributed by atoms with Gasteiger partial charge in [-0.05, 0) is 133 Å². The molecule has 1 atom stereocenters. The molecule has 0 unspecified atom stereocenters. The molecule has 4 N–H and O–H groups in total. The quantitative estimate of drug-likeness (QED) is 0.0699. The predicted molar refractivity (Wildman–Crippen MR) is 244 cm³/mol. The monoisotopic (exact) mass is 871 g/mol. The first-order valence-corrected chi connectivity index (χ1v) is 23.5. The minimum atomic E-state index is -0.361. The number of benzene rings is 1. The normalized spacial score (nSPS) is 19.4. The van der Waals surface area contributed by atoms with Crippen LogP contribution < -0.4 is 16.4 Å². The minimum absolute atomic E-state index is 0.197. The van der Waals surface area contributed by atoms with Crippen molar-refractivity contribution in [2.24, 2.45) is 0 Å². The number of unbranched alkanes of at least 4 members (excludes halogenated alkanes) is 4. The largest absolute Gasteiger partial charge is 0.383 e. The molecule has 4 fully saturated rings. The number of nitrogen functional groups attached to an aromatic ring is 1. The van der Waals surface area contributed by atoms with E-state index in [2.05, 4.69) is 75.7 Å². The maximum absolute atomic E-state index is 13.2. The zero-order valence-electron chi connectivity index (χ0n) is 37.5. The fraction of sp³-hybridized carbons (Fsp3) is 0.562. The van der Waals surface area contributed by atoms with Crippen LogP contribution in [0, 0.1) is 0 Å². The van der Waals surface area contributed by atoms with E-state index in [1.165, 1.54) is 31.2 Å². The number of hydrogen-bond acceptors (Lipinski definition) is 13. The molecule has 0 spiro atoms. The fourth-order valence-electron chi connectivity index (χ4n) is 9.73. The van der Waals surface area contributed by atoms with Gasteiger partial charge in [-0.1, -0.05) is 36.6 Å². The third kappa shape index (κ3) is 9.66. The summed E-state index contributed by atoms with van der Waals surface area (Å²) < 4.78 is 7.85. The molecule has 3 aliphatic heterocycles. The molecule has 1 aromatic carbocycles. The Labute approximate surface area is 374 Å². The molecule has 5 aromatic rings. The molecule has 1 saturated carbocycles. The van der Waals surface area contributed by atoms with E-state index in [1.54, 1.807) is 0 Å². The first kappa shape index (κ1) is 43.5. The van der Waals surface area contributed by atoms with E-state index in [9.17, 15) is 14.4 Å². The Hall–Kier alpha value is -5.77. The van der Waals surface area contributed by atoms with Gasteiger partial charge in [-0.3, -0.25) is 19.7 Å². The number of likely N-dealkylation sites (tertiary alicyclic amines) is 2. The van der Waals surface area contributed by atoms with Gasteiger partial charge in [0.25, 0.3) is 0 Å². The van der Waals surface area contributed by atoms with Gasteiger partial charge in [0.2, 0.25) is 17.7 Å². The van der Waals surface area contributed by atoms with Gasteiger partial charge in [0, 0.05) is 49.9 Å². The number of nitrogens with one attached hydrogen (secondary N) is 2. The number of carbonyl (C=O) groups is 3. The zero-order valence-corrected chi connectivity index (χ0v) is 37.5. The minimum Gasteiger partial charge on any atom is -0.383 e. The van der Waals surface area contributed by atoms with Crippen molar-refractivity contribution in [1.82, 2.24) is 50.0 Å². The predicted octanol–water partition coefficient (Wildman–Crippen LogP) is 7.30. The molecule has 16 nitrogen and oxygen atoms in total. The highest BCUT2D eigenvalue weighted by Crippen LogP contribution is 2.48. The molecule has 7 heterocycles. The summed E-state index contributed by atoms with van der Waals surface area (Å²) in [7, 11) is 0. The highest BCUT2D eigenvalue weighted by Gasteiger charge is 2.37. The molecule has 3 amide bonds. The van der Waals surface area contributed by atoms with E-state index in [-0.39, 0.29) is 35.2 Å². The van der Waals surface area contributed by atoms with Crippen LogP contribution in [-0.4, -0.2) is 101 Å². The molecule has 4 aliphatic rings. The molecular weight excluding hydrogens is 809 g/mol. The van der Waals surface area contributed by atoms with Gasteiger partial charge < -0.3 is 25.4 Å². The van der Waals surface area contributed by atoms with Crippen LogP contribution in [0.1, 0.15) is 145 Å². The fourth-order valence-corrected chi connectivity index (χ4v) is 9.73. The van der Waals surface area contributed by atoms with Crippen molar-refractivity contribution in [3.05, 3.63) is 59.9 Å². The summed E-state index contributed by atoms with van der Waals surface area (Å²) in [6.07, 6.45) is 18.6. The number of hydrogen-bond donors (Lipinski definition) is 3. The Kier molecular flexibility index (Phi) is 12.7. The lowest BCUT2D eigenvalue weighted by Gasteiger charge is -2.32. The third-order valence-corrected chi connectivity index (χ3v) is 13.6. The lowest BCUT2D eigenvalue weighted by atomic mass is 9.89. The van der Waals surface area contributed by atoms with Crippen LogP contribution in [0.5, 0.6) is 0 Å². The van der Waals surface area contributed by atoms with Crippen molar-refractivity contribution in [3.8, 4) is 22.8 Å². The second-order valence-electron chi connectivity index (χ2n) is 19.3. The van der Waals surface area contributed by atoms with Crippen molar-refractivity contribution in [2.45, 2.75) is 140 Å². The first-order valence-electron chi connectivity index (χ1n) is 23.5. The summed E-state index contributed by atoms with van der Waals surface area (Å²) in [4.78, 5) is 60.0. The van der Waals surface area contributed by atoms with E-state index in [0.717, 1.165) is 107 Å². The van der Waals surface area contributed by atoms with Crippen LogP contribution >= 0.6 is 0 Å². The Morgan fingerprint density at radius 3 is 2.20 bits per heavy atom. The van der Waals surface area contributed by atoms with Crippen molar-refractivity contribution >= 4 is 40.3 Å². The van der Waals surface area contributed by atoms with Gasteiger partial charge in [-0.2, -0.15) is 5.10 Å². The van der Waals surface area contributed by atoms with Crippen LogP contribution in [0.3, 0.4) is 0 Å². The maximum Gasteiger partial charge on any atom is 0.249 e. The number of amides is 3. The molecule has 338 valence electrons. The topological polar surface area (TPSA) is 203 Å². The number of piperidine rings is 3. The number of rotatable bonds is 15. The van der Waals surface area contributed by atoms with Crippen molar-refractivity contribution in [2.75, 3.05) is 43.8 Å². The Morgan fingerprint density at radius 1 is 0.812 bits per heavy atom. The van der Waals surface area contributed by atoms with Gasteiger partial charge in [0.05, 0.1) is 16.5 Å². The van der Waals surface area contributed by atoms with Crippen LogP contribution in [0.25, 0.3) is 33.8 Å². The molecule has 16 heteroatoms. The molecule has 4 aromatic heterocycles. The summed E-state index contributed by atoms with van der Waals surface area (Å²) in [6, 6.07) is 8.11. The van der Waals surface area contributed by atoms with Crippen LogP contribution in [0.4, 0.5) is 11.5 Å². The summed E-state index contributed by atoms with van der Waals surface area (Å²) in [5.41, 5.74) is 11.9. The van der Waals surface area contributed by atoms with E-state index >= 15 is 0 Å². The van der Waals surface area contributed by atoms with E-state index in [4.69, 9.17) is 25.3 Å². The summed E-state index contributed by atoms with van der Waals surface area (Å²) in [5.74, 6) is 2.60. The number of anilines is 2. The standard InChI is InChI=1S/C48H62N12O4/c1-48(2,3)60-46-40(44(49)52-29-53-46)41(56-60)42-39(43(64-57-42)33-10-11-33)45-50-27-34(28-51-45)32-20-25-59(26-21-32)38(62)9-7-5-4-6-8-22-58-23-18-31(19-24-58)30-12-14-35(15-13-30)54-36-16-17-37(61)55-47(36)63/h12-15,27-29,31-33,36,54H,4-11,16-26H2,1-3H3,(H2,49,52,53)(H,55,61,63)/t36-/m1/s1. The molecule has 0 bridgehead atoms. The second kappa shape index (κ2) is 18.8. The number of carbonyl (C=O) groups excluding carboxylic acids is 3. The molecular formula is C48H62N12O4. The Balaban J connectivity index is 0.686. The average molecular weight is 871 g/mol. The molecule has 9 rings (SSSR count). The van der Waals surface area contributed by atoms with Crippen molar-refractivity contribution < 1.29 is 18.9 Å². The van der Waals surface area contributed by atoms with Gasteiger partial charge >= 0.3 is 0 Å². The summed E-state index contributed by atoms with van der Waals surface area (Å²) in [6.45, 7) is 11.1. The third-order valence-electron chi connectivity index (χ3n) is 13.6. The van der Waals surface area contributed by atoms with Crippen LogP contribution in [0.2, 0.25) is 0 Å². The number of aromatic nitrogens is 7. The Bertz CT molecular complexity index is 2440. The van der Waals surface area contributed by atoms with E-state index < -0.39 is 0 Å². The zero-order chi connectivity index (χ0) is 44.4. The van der Waals surface area contributed by atoms with Gasteiger partial charge in [0.1, 0.15) is 29.6 Å². The summed E-state index contributed by atoms with van der Waals surface area (Å²) in [5, 5.41) is 15.8. The molecule has 0 radical (unpaired) electrons. The van der Waals surface area contributed by atoms with Gasteiger partial charge in [0.15, 0.2) is 17.2 Å². The SMILES string of the molecule is CC(C)(C)n1nc(-c2noc(C3CC3)c2-c2ncc(C3CCN(C(=O)CCCCCCCN4CCC(c5ccc(N[C@@H]6CCC(=O)NC6=O)cc5)CC4)CC3)cn2)c2c(N)ncnc21. The van der Waals surface area contributed by atoms with Gasteiger partial charge in [-0.15, -0.1) is 0 Å². The highest BCUT2D eigenvalue weighted by molar-refractivity contribution is 6.02. The smallest absolute Gasteiger partial charge is 0.249 e. The van der Waals surface area contributed by atoms with Crippen LogP contribution in [-0.2, 0) is 19.9 Å². The van der Waals surface area contributed by atoms with Gasteiger partial charge in [-0.25, -0.2) is 24.6 Å². The van der Waals surface area contributed by atoms with E-state index in [0.29, 0.717) is 65.2 Å². The molecule has 3 saturated heterocycles. The van der Waals surface area contributed by atoms with Crippen molar-refractivity contribution in [3.63, 3.8) is 0 Å². The lowest BCUT2D eigenvalue weighted by Crippen LogP contribution is -2.47. The second-order valence-corrected chi connectivity index (χ2v) is 19.3. The Morgan fingerprint density at radius 2 is 1.50 bits per heavy atom. The lowest BCUT2D eigenvalue weighted by molar-refractivity contribution is -0.134. The maximum atomic E-state index is 13.2. The van der Waals surface area contributed by atoms with Crippen LogP contribution in [0.15, 0.2) is 47.5 Å². The molecule has 1 aliphatic carbocycles. The number of imide groups is 1. The highest BCUT2D eigenvalue weighted by atomic mass is 16.5. The van der Waals surface area contributed by atoms with Crippen molar-refractivity contribution in [1.29, 1.82) is 0 Å². The summed E-state index contributed by atoms with van der Waals surface area (Å²) >= 11 is 0. The van der Waals surface area contributed by atoms with E-state index in [1.807, 2.05) is 22.0 Å².